The third-order valence-electron chi connectivity index (χ3n) is 5.48. The number of halogens is 1. The Labute approximate surface area is 222 Å². The third-order valence-corrected chi connectivity index (χ3v) is 7.50. The molecular weight excluding hydrogens is 512 g/mol. The van der Waals surface area contributed by atoms with Crippen molar-refractivity contribution in [3.05, 3.63) is 94.5 Å². The highest BCUT2D eigenvalue weighted by molar-refractivity contribution is 7.91. The van der Waals surface area contributed by atoms with Gasteiger partial charge in [0.25, 0.3) is 0 Å². The maximum absolute atomic E-state index is 12.9. The molecule has 1 N–H and O–H groups in total. The summed E-state index contributed by atoms with van der Waals surface area (Å²) >= 11 is 6.04. The Bertz CT molecular complexity index is 1380. The van der Waals surface area contributed by atoms with E-state index in [0.717, 1.165) is 5.56 Å². The van der Waals surface area contributed by atoms with Gasteiger partial charge in [-0.05, 0) is 86.8 Å². The average molecular weight is 541 g/mol. The molecule has 0 unspecified atom stereocenters. The van der Waals surface area contributed by atoms with E-state index in [1.807, 2.05) is 6.07 Å². The minimum Gasteiger partial charge on any atom is -0.444 e. The summed E-state index contributed by atoms with van der Waals surface area (Å²) in [6.07, 6.45) is -1.11. The quantitative estimate of drug-likeness (QED) is 0.401. The van der Waals surface area contributed by atoms with Gasteiger partial charge in [0.1, 0.15) is 5.60 Å². The molecule has 0 aromatic heterocycles. The predicted molar refractivity (Wildman–Crippen MR) is 141 cm³/mol. The first kappa shape index (κ1) is 28.2. The van der Waals surface area contributed by atoms with Gasteiger partial charge in [-0.2, -0.15) is 5.26 Å². The van der Waals surface area contributed by atoms with Gasteiger partial charge in [0.2, 0.25) is 9.84 Å². The normalized spacial score (nSPS) is 12.4. The molecule has 9 heteroatoms. The lowest BCUT2D eigenvalue weighted by molar-refractivity contribution is 0.0147. The number of nitriles is 1. The van der Waals surface area contributed by atoms with Crippen LogP contribution in [0.1, 0.15) is 43.6 Å². The number of rotatable bonds is 8. The van der Waals surface area contributed by atoms with Crippen molar-refractivity contribution in [1.29, 1.82) is 5.26 Å². The summed E-state index contributed by atoms with van der Waals surface area (Å²) in [5, 5.41) is 20.1. The Balaban J connectivity index is 1.74. The number of sulfone groups is 1. The van der Waals surface area contributed by atoms with Gasteiger partial charge in [0.05, 0.1) is 34.1 Å². The molecule has 3 rings (SSSR count). The molecule has 0 spiro atoms. The monoisotopic (exact) mass is 540 g/mol. The summed E-state index contributed by atoms with van der Waals surface area (Å²) in [6.45, 7) is 5.55. The molecule has 0 radical (unpaired) electrons. The zero-order valence-corrected chi connectivity index (χ0v) is 22.5. The highest BCUT2D eigenvalue weighted by Crippen LogP contribution is 2.23. The van der Waals surface area contributed by atoms with E-state index >= 15 is 0 Å². The number of ether oxygens (including phenoxy) is 1. The van der Waals surface area contributed by atoms with E-state index in [1.54, 1.807) is 57.2 Å². The molecular formula is C28H29ClN2O5S. The van der Waals surface area contributed by atoms with Gasteiger partial charge >= 0.3 is 6.09 Å². The lowest BCUT2D eigenvalue weighted by Crippen LogP contribution is -2.40. The van der Waals surface area contributed by atoms with Crippen LogP contribution in [0.15, 0.2) is 82.6 Å². The molecule has 0 saturated heterocycles. The van der Waals surface area contributed by atoms with Gasteiger partial charge < -0.3 is 14.7 Å². The third kappa shape index (κ3) is 7.80. The van der Waals surface area contributed by atoms with Crippen molar-refractivity contribution in [1.82, 2.24) is 4.90 Å². The first-order chi connectivity index (χ1) is 17.4. The molecule has 194 valence electrons. The van der Waals surface area contributed by atoms with Crippen LogP contribution in [0.3, 0.4) is 0 Å². The maximum Gasteiger partial charge on any atom is 0.410 e. The Kier molecular flexibility index (Phi) is 8.98. The van der Waals surface area contributed by atoms with Gasteiger partial charge in [-0.3, -0.25) is 0 Å². The zero-order chi connectivity index (χ0) is 27.2. The number of carbonyl (C=O) groups excluding carboxylic acids is 1. The number of nitrogens with zero attached hydrogens (tertiary/aromatic N) is 2. The number of benzene rings is 3. The lowest BCUT2D eigenvalue weighted by atomic mass is 10.1. The van der Waals surface area contributed by atoms with Crippen LogP contribution in [0.4, 0.5) is 4.79 Å². The first-order valence-electron chi connectivity index (χ1n) is 11.6. The SMILES string of the molecule is CC(C)(C)OC(=O)N(CCc1ccc(S(=O)(=O)c2ccc(C#N)cc2)cc1)C[C@H](O)c1cccc(Cl)c1. The molecule has 0 bridgehead atoms. The molecule has 0 aliphatic heterocycles. The fourth-order valence-electron chi connectivity index (χ4n) is 3.56. The van der Waals surface area contributed by atoms with Crippen molar-refractivity contribution in [3.8, 4) is 6.07 Å². The number of amides is 1. The standard InChI is InChI=1S/C28H29ClN2O5S/c1-28(2,3)36-27(33)31(19-26(32)22-5-4-6-23(29)17-22)16-15-20-7-11-24(12-8-20)37(34,35)25-13-9-21(18-30)10-14-25/h4-14,17,26,32H,15-16,19H2,1-3H3/t26-/m0/s1. The van der Waals surface area contributed by atoms with Crippen molar-refractivity contribution in [3.63, 3.8) is 0 Å². The molecule has 7 nitrogen and oxygen atoms in total. The van der Waals surface area contributed by atoms with Gasteiger partial charge in [-0.1, -0.05) is 35.9 Å². The van der Waals surface area contributed by atoms with E-state index in [9.17, 15) is 18.3 Å². The summed E-state index contributed by atoms with van der Waals surface area (Å²) in [4.78, 5) is 14.5. The molecule has 3 aromatic carbocycles. The second kappa shape index (κ2) is 11.8. The van der Waals surface area contributed by atoms with Crippen LogP contribution in [0, 0.1) is 11.3 Å². The van der Waals surface area contributed by atoms with Crippen LogP contribution in [-0.4, -0.2) is 43.2 Å². The van der Waals surface area contributed by atoms with E-state index in [4.69, 9.17) is 21.6 Å². The van der Waals surface area contributed by atoms with Crippen molar-refractivity contribution >= 4 is 27.5 Å². The summed E-state index contributed by atoms with van der Waals surface area (Å²) in [6, 6.07) is 20.9. The maximum atomic E-state index is 12.9. The number of carbonyl (C=O) groups is 1. The molecule has 0 aliphatic carbocycles. The summed E-state index contributed by atoms with van der Waals surface area (Å²) < 4.78 is 31.4. The number of aliphatic hydroxyl groups excluding tert-OH is 1. The zero-order valence-electron chi connectivity index (χ0n) is 20.9. The number of hydrogen-bond acceptors (Lipinski definition) is 6. The molecule has 37 heavy (non-hydrogen) atoms. The second-order valence-electron chi connectivity index (χ2n) is 9.53. The molecule has 1 amide bonds. The molecule has 0 saturated carbocycles. The van der Waals surface area contributed by atoms with Crippen molar-refractivity contribution in [2.75, 3.05) is 13.1 Å². The van der Waals surface area contributed by atoms with Gasteiger partial charge in [0.15, 0.2) is 0 Å². The smallest absolute Gasteiger partial charge is 0.410 e. The van der Waals surface area contributed by atoms with Gasteiger partial charge in [0, 0.05) is 11.6 Å². The van der Waals surface area contributed by atoms with Crippen LogP contribution >= 0.6 is 11.6 Å². The number of hydrogen-bond donors (Lipinski definition) is 1. The molecule has 3 aromatic rings. The first-order valence-corrected chi connectivity index (χ1v) is 13.5. The molecule has 0 heterocycles. The summed E-state index contributed by atoms with van der Waals surface area (Å²) in [7, 11) is -3.73. The van der Waals surface area contributed by atoms with Crippen LogP contribution in [0.5, 0.6) is 0 Å². The summed E-state index contributed by atoms with van der Waals surface area (Å²) in [5.41, 5.74) is 1.06. The highest BCUT2D eigenvalue weighted by atomic mass is 35.5. The highest BCUT2D eigenvalue weighted by Gasteiger charge is 2.25. The average Bonchev–Trinajstić information content (AvgIpc) is 2.85. The minimum atomic E-state index is -3.73. The van der Waals surface area contributed by atoms with Crippen LogP contribution < -0.4 is 0 Å². The predicted octanol–water partition coefficient (Wildman–Crippen LogP) is 5.56. The van der Waals surface area contributed by atoms with Crippen molar-refractivity contribution < 1.29 is 23.1 Å². The van der Waals surface area contributed by atoms with Gasteiger partial charge in [-0.15, -0.1) is 0 Å². The van der Waals surface area contributed by atoms with Crippen molar-refractivity contribution in [2.45, 2.75) is 48.7 Å². The van der Waals surface area contributed by atoms with E-state index in [2.05, 4.69) is 0 Å². The van der Waals surface area contributed by atoms with Crippen LogP contribution in [0.2, 0.25) is 5.02 Å². The topological polar surface area (TPSA) is 108 Å². The lowest BCUT2D eigenvalue weighted by Gasteiger charge is -2.29. The number of aliphatic hydroxyl groups is 1. The summed E-state index contributed by atoms with van der Waals surface area (Å²) in [5.74, 6) is 0. The molecule has 0 fully saturated rings. The van der Waals surface area contributed by atoms with E-state index in [-0.39, 0.29) is 22.9 Å². The Hall–Kier alpha value is -3.38. The van der Waals surface area contributed by atoms with Crippen molar-refractivity contribution in [2.24, 2.45) is 0 Å². The Morgan fingerprint density at radius 2 is 1.65 bits per heavy atom. The van der Waals surface area contributed by atoms with Crippen LogP contribution in [0.25, 0.3) is 0 Å². The van der Waals surface area contributed by atoms with Crippen LogP contribution in [-0.2, 0) is 21.0 Å². The van der Waals surface area contributed by atoms with E-state index in [0.29, 0.717) is 22.6 Å². The second-order valence-corrected chi connectivity index (χ2v) is 11.9. The molecule has 1 atom stereocenters. The Morgan fingerprint density at radius 3 is 2.19 bits per heavy atom. The minimum absolute atomic E-state index is 0.000408. The fraction of sp³-hybridized carbons (Fsp3) is 0.286. The fourth-order valence-corrected chi connectivity index (χ4v) is 5.02. The molecule has 0 aliphatic rings. The van der Waals surface area contributed by atoms with Gasteiger partial charge in [-0.25, -0.2) is 13.2 Å². The Morgan fingerprint density at radius 1 is 1.05 bits per heavy atom. The van der Waals surface area contributed by atoms with E-state index in [1.165, 1.54) is 41.3 Å². The largest absolute Gasteiger partial charge is 0.444 e. The van der Waals surface area contributed by atoms with E-state index < -0.39 is 27.6 Å².